The summed E-state index contributed by atoms with van der Waals surface area (Å²) in [6.45, 7) is 6.58. The second-order valence-electron chi connectivity index (χ2n) is 6.13. The molecule has 0 fully saturated rings. The average Bonchev–Trinajstić information content (AvgIpc) is 3.04. The van der Waals surface area contributed by atoms with Gasteiger partial charge < -0.3 is 10.6 Å². The summed E-state index contributed by atoms with van der Waals surface area (Å²) in [6.07, 6.45) is 0. The van der Waals surface area contributed by atoms with Crippen LogP contribution in [0.1, 0.15) is 53.4 Å². The van der Waals surface area contributed by atoms with Crippen LogP contribution in [0.5, 0.6) is 0 Å². The van der Waals surface area contributed by atoms with Crippen LogP contribution >= 0.6 is 0 Å². The first kappa shape index (κ1) is 17.7. The SMILES string of the molecule is CNC(=O)c1cc(C(=O)NCC(C)C)n([C@@H](C)c2ccccc2)n1. The largest absolute Gasteiger partial charge is 0.354 e. The number of aromatic nitrogens is 2. The minimum atomic E-state index is -0.313. The Kier molecular flexibility index (Phi) is 5.73. The van der Waals surface area contributed by atoms with Gasteiger partial charge >= 0.3 is 0 Å². The summed E-state index contributed by atoms with van der Waals surface area (Å²) in [5.74, 6) is -0.198. The maximum atomic E-state index is 12.5. The zero-order valence-electron chi connectivity index (χ0n) is 14.5. The van der Waals surface area contributed by atoms with Gasteiger partial charge in [0.1, 0.15) is 5.69 Å². The maximum Gasteiger partial charge on any atom is 0.271 e. The van der Waals surface area contributed by atoms with Gasteiger partial charge in [0, 0.05) is 19.7 Å². The molecule has 6 nitrogen and oxygen atoms in total. The number of hydrogen-bond acceptors (Lipinski definition) is 3. The minimum absolute atomic E-state index is 0.163. The summed E-state index contributed by atoms with van der Waals surface area (Å²) in [4.78, 5) is 24.4. The topological polar surface area (TPSA) is 76.0 Å². The van der Waals surface area contributed by atoms with Crippen LogP contribution in [-0.2, 0) is 0 Å². The molecule has 1 aromatic carbocycles. The summed E-state index contributed by atoms with van der Waals surface area (Å²) < 4.78 is 1.61. The van der Waals surface area contributed by atoms with E-state index in [9.17, 15) is 9.59 Å². The Morgan fingerprint density at radius 1 is 1.12 bits per heavy atom. The monoisotopic (exact) mass is 328 g/mol. The summed E-state index contributed by atoms with van der Waals surface area (Å²) in [6, 6.07) is 11.1. The molecule has 0 unspecified atom stereocenters. The van der Waals surface area contributed by atoms with Crippen molar-refractivity contribution in [3.05, 3.63) is 53.3 Å². The third-order valence-electron chi connectivity index (χ3n) is 3.75. The number of rotatable bonds is 6. The predicted molar refractivity (Wildman–Crippen MR) is 93.0 cm³/mol. The van der Waals surface area contributed by atoms with Gasteiger partial charge in [-0.3, -0.25) is 14.3 Å². The van der Waals surface area contributed by atoms with E-state index in [4.69, 9.17) is 0 Å². The lowest BCUT2D eigenvalue weighted by molar-refractivity contribution is 0.0934. The highest BCUT2D eigenvalue weighted by Gasteiger charge is 2.22. The molecule has 128 valence electrons. The summed E-state index contributed by atoms with van der Waals surface area (Å²) in [7, 11) is 1.54. The standard InChI is InChI=1S/C18H24N4O2/c1-12(2)11-20-18(24)16-10-15(17(23)19-4)21-22(16)13(3)14-8-6-5-7-9-14/h5-10,12-13H,11H2,1-4H3,(H,19,23)(H,20,24)/t13-/m0/s1. The molecule has 0 aliphatic heterocycles. The molecule has 0 aliphatic carbocycles. The van der Waals surface area contributed by atoms with Crippen LogP contribution < -0.4 is 10.6 Å². The highest BCUT2D eigenvalue weighted by Crippen LogP contribution is 2.20. The number of benzene rings is 1. The molecule has 2 rings (SSSR count). The molecule has 0 aliphatic rings. The fourth-order valence-electron chi connectivity index (χ4n) is 2.36. The molecule has 2 amide bonds. The molecular weight excluding hydrogens is 304 g/mol. The van der Waals surface area contributed by atoms with Crippen LogP contribution in [0, 0.1) is 5.92 Å². The number of nitrogens with one attached hydrogen (secondary N) is 2. The zero-order chi connectivity index (χ0) is 17.7. The molecule has 1 aromatic heterocycles. The Hall–Kier alpha value is -2.63. The van der Waals surface area contributed by atoms with E-state index < -0.39 is 0 Å². The van der Waals surface area contributed by atoms with Crippen molar-refractivity contribution in [2.24, 2.45) is 5.92 Å². The summed E-state index contributed by atoms with van der Waals surface area (Å²) in [5.41, 5.74) is 1.63. The molecular formula is C18H24N4O2. The fourth-order valence-corrected chi connectivity index (χ4v) is 2.36. The van der Waals surface area contributed by atoms with Crippen molar-refractivity contribution in [3.63, 3.8) is 0 Å². The van der Waals surface area contributed by atoms with E-state index in [0.717, 1.165) is 5.56 Å². The van der Waals surface area contributed by atoms with Gasteiger partial charge in [-0.05, 0) is 18.4 Å². The van der Waals surface area contributed by atoms with Crippen LogP contribution in [0.4, 0.5) is 0 Å². The van der Waals surface area contributed by atoms with Crippen molar-refractivity contribution in [2.45, 2.75) is 26.8 Å². The summed E-state index contributed by atoms with van der Waals surface area (Å²) in [5, 5.41) is 9.78. The van der Waals surface area contributed by atoms with E-state index in [0.29, 0.717) is 18.2 Å². The molecule has 0 saturated carbocycles. The maximum absolute atomic E-state index is 12.5. The summed E-state index contributed by atoms with van der Waals surface area (Å²) >= 11 is 0. The van der Waals surface area contributed by atoms with Crippen LogP contribution in [0.3, 0.4) is 0 Å². The Balaban J connectivity index is 2.38. The Morgan fingerprint density at radius 3 is 2.38 bits per heavy atom. The highest BCUT2D eigenvalue weighted by molar-refractivity contribution is 5.97. The van der Waals surface area contributed by atoms with Gasteiger partial charge in [0.05, 0.1) is 6.04 Å². The van der Waals surface area contributed by atoms with Crippen LogP contribution in [-0.4, -0.2) is 35.2 Å². The molecule has 0 radical (unpaired) electrons. The highest BCUT2D eigenvalue weighted by atomic mass is 16.2. The second-order valence-corrected chi connectivity index (χ2v) is 6.13. The molecule has 0 saturated heterocycles. The van der Waals surface area contributed by atoms with E-state index in [-0.39, 0.29) is 23.6 Å². The van der Waals surface area contributed by atoms with Crippen LogP contribution in [0.25, 0.3) is 0 Å². The van der Waals surface area contributed by atoms with Gasteiger partial charge in [-0.1, -0.05) is 44.2 Å². The lowest BCUT2D eigenvalue weighted by Crippen LogP contribution is -2.30. The van der Waals surface area contributed by atoms with Crippen molar-refractivity contribution in [1.82, 2.24) is 20.4 Å². The van der Waals surface area contributed by atoms with Gasteiger partial charge in [-0.2, -0.15) is 5.10 Å². The Labute approximate surface area is 142 Å². The molecule has 6 heteroatoms. The molecule has 1 heterocycles. The number of hydrogen-bond donors (Lipinski definition) is 2. The number of carbonyl (C=O) groups excluding carboxylic acids is 2. The van der Waals surface area contributed by atoms with Gasteiger partial charge in [-0.25, -0.2) is 0 Å². The smallest absolute Gasteiger partial charge is 0.271 e. The number of nitrogens with zero attached hydrogens (tertiary/aromatic N) is 2. The average molecular weight is 328 g/mol. The lowest BCUT2D eigenvalue weighted by Gasteiger charge is -2.16. The normalized spacial score (nSPS) is 12.0. The minimum Gasteiger partial charge on any atom is -0.354 e. The van der Waals surface area contributed by atoms with Crippen LogP contribution in [0.15, 0.2) is 36.4 Å². The first-order chi connectivity index (χ1) is 11.4. The Morgan fingerprint density at radius 2 is 1.79 bits per heavy atom. The molecule has 1 atom stereocenters. The van der Waals surface area contributed by atoms with Gasteiger partial charge in [0.2, 0.25) is 0 Å². The first-order valence-electron chi connectivity index (χ1n) is 8.08. The first-order valence-corrected chi connectivity index (χ1v) is 8.08. The lowest BCUT2D eigenvalue weighted by atomic mass is 10.1. The zero-order valence-corrected chi connectivity index (χ0v) is 14.5. The third kappa shape index (κ3) is 4.01. The van der Waals surface area contributed by atoms with E-state index in [2.05, 4.69) is 15.7 Å². The van der Waals surface area contributed by atoms with Gasteiger partial charge in [0.15, 0.2) is 5.69 Å². The van der Waals surface area contributed by atoms with Crippen molar-refractivity contribution in [3.8, 4) is 0 Å². The molecule has 0 spiro atoms. The van der Waals surface area contributed by atoms with Crippen molar-refractivity contribution in [2.75, 3.05) is 13.6 Å². The van der Waals surface area contributed by atoms with E-state index in [1.54, 1.807) is 11.7 Å². The third-order valence-corrected chi connectivity index (χ3v) is 3.75. The van der Waals surface area contributed by atoms with E-state index >= 15 is 0 Å². The van der Waals surface area contributed by atoms with Crippen molar-refractivity contribution < 1.29 is 9.59 Å². The number of carbonyl (C=O) groups is 2. The molecule has 2 N–H and O–H groups in total. The molecule has 2 aromatic rings. The van der Waals surface area contributed by atoms with Gasteiger partial charge in [0.25, 0.3) is 11.8 Å². The molecule has 0 bridgehead atoms. The van der Waals surface area contributed by atoms with Crippen molar-refractivity contribution in [1.29, 1.82) is 0 Å². The van der Waals surface area contributed by atoms with E-state index in [1.807, 2.05) is 51.1 Å². The van der Waals surface area contributed by atoms with Gasteiger partial charge in [-0.15, -0.1) is 0 Å². The number of amides is 2. The second kappa shape index (κ2) is 7.77. The fraction of sp³-hybridized carbons (Fsp3) is 0.389. The molecule has 24 heavy (non-hydrogen) atoms. The predicted octanol–water partition coefficient (Wildman–Crippen LogP) is 2.24. The van der Waals surface area contributed by atoms with E-state index in [1.165, 1.54) is 6.07 Å². The van der Waals surface area contributed by atoms with Crippen molar-refractivity contribution >= 4 is 11.8 Å². The van der Waals surface area contributed by atoms with Crippen LogP contribution in [0.2, 0.25) is 0 Å². The quantitative estimate of drug-likeness (QED) is 0.854. The Bertz CT molecular complexity index is 707.